The third-order valence-corrected chi connectivity index (χ3v) is 2.20. The first-order valence-corrected chi connectivity index (χ1v) is 5.28. The van der Waals surface area contributed by atoms with Gasteiger partial charge < -0.3 is 15.7 Å². The number of nitrogens with one attached hydrogen (secondary N) is 2. The molecule has 2 amide bonds. The van der Waals surface area contributed by atoms with E-state index in [2.05, 4.69) is 10.6 Å². The maximum Gasteiger partial charge on any atom is 0.335 e. The molecule has 1 aromatic rings. The molecule has 6 heteroatoms. The summed E-state index contributed by atoms with van der Waals surface area (Å²) in [5.74, 6) is -1.64. The van der Waals surface area contributed by atoms with Gasteiger partial charge in [0.1, 0.15) is 0 Å². The van der Waals surface area contributed by atoms with Gasteiger partial charge >= 0.3 is 5.97 Å². The highest BCUT2D eigenvalue weighted by Gasteiger charge is 2.10. The van der Waals surface area contributed by atoms with E-state index in [4.69, 9.17) is 5.11 Å². The number of hydrogen-bond acceptors (Lipinski definition) is 3. The van der Waals surface area contributed by atoms with Crippen molar-refractivity contribution < 1.29 is 19.5 Å². The molecule has 0 heterocycles. The summed E-state index contributed by atoms with van der Waals surface area (Å²) in [4.78, 5) is 33.1. The van der Waals surface area contributed by atoms with Crippen LogP contribution in [-0.4, -0.2) is 29.9 Å². The minimum atomic E-state index is -1.11. The van der Waals surface area contributed by atoms with Crippen LogP contribution in [-0.2, 0) is 16.0 Å². The normalized spacial score (nSPS) is 9.67. The summed E-state index contributed by atoms with van der Waals surface area (Å²) in [5.41, 5.74) is 0.916. The smallest absolute Gasteiger partial charge is 0.335 e. The number of anilines is 1. The molecule has 0 radical (unpaired) electrons. The van der Waals surface area contributed by atoms with Crippen molar-refractivity contribution in [3.63, 3.8) is 0 Å². The topological polar surface area (TPSA) is 95.5 Å². The summed E-state index contributed by atoms with van der Waals surface area (Å²) >= 11 is 0. The number of carboxylic acids is 1. The minimum Gasteiger partial charge on any atom is -0.478 e. The van der Waals surface area contributed by atoms with Crippen molar-refractivity contribution in [2.24, 2.45) is 0 Å². The van der Waals surface area contributed by atoms with Crippen molar-refractivity contribution >= 4 is 23.5 Å². The molecular weight excluding hydrogens is 236 g/mol. The zero-order chi connectivity index (χ0) is 13.7. The van der Waals surface area contributed by atoms with Crippen LogP contribution >= 0.6 is 0 Å². The van der Waals surface area contributed by atoms with Crippen LogP contribution in [0.25, 0.3) is 0 Å². The van der Waals surface area contributed by atoms with Gasteiger partial charge in [0, 0.05) is 19.7 Å². The first kappa shape index (κ1) is 13.7. The lowest BCUT2D eigenvalue weighted by Crippen LogP contribution is -2.20. The number of likely N-dealkylation sites (N-methyl/N-ethyl adjacent to an activating group) is 1. The first-order valence-electron chi connectivity index (χ1n) is 5.28. The SMILES string of the molecule is CNC(=O)Cc1cc(NC(C)=O)cc(C(=O)O)c1. The Morgan fingerprint density at radius 3 is 2.39 bits per heavy atom. The van der Waals surface area contributed by atoms with E-state index in [0.717, 1.165) is 0 Å². The number of aromatic carboxylic acids is 1. The third kappa shape index (κ3) is 3.89. The van der Waals surface area contributed by atoms with Gasteiger partial charge in [-0.1, -0.05) is 0 Å². The van der Waals surface area contributed by atoms with Gasteiger partial charge in [-0.15, -0.1) is 0 Å². The summed E-state index contributed by atoms with van der Waals surface area (Å²) in [5, 5.41) is 13.9. The maximum absolute atomic E-state index is 11.2. The van der Waals surface area contributed by atoms with Crippen molar-refractivity contribution in [1.29, 1.82) is 0 Å². The van der Waals surface area contributed by atoms with Gasteiger partial charge in [0.2, 0.25) is 11.8 Å². The number of carbonyl (C=O) groups is 3. The Bertz CT molecular complexity index is 497. The molecule has 1 aromatic carbocycles. The Kier molecular flexibility index (Phi) is 4.42. The van der Waals surface area contributed by atoms with E-state index in [9.17, 15) is 14.4 Å². The van der Waals surface area contributed by atoms with Gasteiger partial charge in [-0.3, -0.25) is 9.59 Å². The molecule has 3 N–H and O–H groups in total. The fourth-order valence-corrected chi connectivity index (χ4v) is 1.47. The second-order valence-corrected chi connectivity index (χ2v) is 3.75. The summed E-state index contributed by atoms with van der Waals surface area (Å²) < 4.78 is 0. The van der Waals surface area contributed by atoms with E-state index in [1.807, 2.05) is 0 Å². The fraction of sp³-hybridized carbons (Fsp3) is 0.250. The Balaban J connectivity index is 3.09. The van der Waals surface area contributed by atoms with Crippen molar-refractivity contribution in [3.8, 4) is 0 Å². The quantitative estimate of drug-likeness (QED) is 0.730. The van der Waals surface area contributed by atoms with Crippen LogP contribution in [0.15, 0.2) is 18.2 Å². The number of carboxylic acid groups (broad SMARTS) is 1. The highest BCUT2D eigenvalue weighted by Crippen LogP contribution is 2.16. The van der Waals surface area contributed by atoms with Crippen molar-refractivity contribution in [2.45, 2.75) is 13.3 Å². The predicted octanol–water partition coefficient (Wildman–Crippen LogP) is 0.632. The summed E-state index contributed by atoms with van der Waals surface area (Å²) in [6.07, 6.45) is 0.0597. The lowest BCUT2D eigenvalue weighted by Gasteiger charge is -2.07. The molecule has 1 rings (SSSR count). The second-order valence-electron chi connectivity index (χ2n) is 3.75. The van der Waals surface area contributed by atoms with Gasteiger partial charge in [-0.25, -0.2) is 4.79 Å². The van der Waals surface area contributed by atoms with Crippen LogP contribution in [0.1, 0.15) is 22.8 Å². The van der Waals surface area contributed by atoms with Crippen LogP contribution in [0.3, 0.4) is 0 Å². The van der Waals surface area contributed by atoms with Gasteiger partial charge in [0.05, 0.1) is 12.0 Å². The number of carbonyl (C=O) groups excluding carboxylic acids is 2. The lowest BCUT2D eigenvalue weighted by atomic mass is 10.1. The largest absolute Gasteiger partial charge is 0.478 e. The van der Waals surface area contributed by atoms with Gasteiger partial charge in [0.15, 0.2) is 0 Å². The fourth-order valence-electron chi connectivity index (χ4n) is 1.47. The summed E-state index contributed by atoms with van der Waals surface area (Å²) in [6.45, 7) is 1.33. The molecule has 0 aliphatic rings. The molecule has 0 unspecified atom stereocenters. The second kappa shape index (κ2) is 5.81. The van der Waals surface area contributed by atoms with E-state index in [1.165, 1.54) is 26.1 Å². The van der Waals surface area contributed by atoms with E-state index < -0.39 is 5.97 Å². The molecule has 0 spiro atoms. The average Bonchev–Trinajstić information content (AvgIpc) is 2.27. The Morgan fingerprint density at radius 1 is 1.22 bits per heavy atom. The minimum absolute atomic E-state index is 0.0279. The molecule has 0 saturated heterocycles. The molecule has 0 fully saturated rings. The van der Waals surface area contributed by atoms with Crippen LogP contribution in [0.5, 0.6) is 0 Å². The predicted molar refractivity (Wildman–Crippen MR) is 65.5 cm³/mol. The van der Waals surface area contributed by atoms with Crippen LogP contribution in [0.4, 0.5) is 5.69 Å². The monoisotopic (exact) mass is 250 g/mol. The summed E-state index contributed by atoms with van der Waals surface area (Å²) in [7, 11) is 1.50. The number of benzene rings is 1. The Morgan fingerprint density at radius 2 is 1.89 bits per heavy atom. The Hall–Kier alpha value is -2.37. The highest BCUT2D eigenvalue weighted by molar-refractivity contribution is 5.93. The van der Waals surface area contributed by atoms with Crippen molar-refractivity contribution in [2.75, 3.05) is 12.4 Å². The Labute approximate surface area is 104 Å². The van der Waals surface area contributed by atoms with Gasteiger partial charge in [-0.05, 0) is 23.8 Å². The van der Waals surface area contributed by atoms with Crippen molar-refractivity contribution in [3.05, 3.63) is 29.3 Å². The first-order chi connectivity index (χ1) is 8.42. The maximum atomic E-state index is 11.2. The van der Waals surface area contributed by atoms with Gasteiger partial charge in [0.25, 0.3) is 0 Å². The third-order valence-electron chi connectivity index (χ3n) is 2.20. The molecule has 0 aliphatic heterocycles. The van der Waals surface area contributed by atoms with Gasteiger partial charge in [-0.2, -0.15) is 0 Å². The molecule has 6 nitrogen and oxygen atoms in total. The molecule has 18 heavy (non-hydrogen) atoms. The molecular formula is C12H14N2O4. The molecule has 0 aliphatic carbocycles. The molecule has 0 atom stereocenters. The van der Waals surface area contributed by atoms with E-state index in [-0.39, 0.29) is 23.8 Å². The summed E-state index contributed by atoms with van der Waals surface area (Å²) in [6, 6.07) is 4.32. The molecule has 0 saturated carbocycles. The average molecular weight is 250 g/mol. The number of hydrogen-bond donors (Lipinski definition) is 3. The van der Waals surface area contributed by atoms with E-state index in [0.29, 0.717) is 11.3 Å². The number of rotatable bonds is 4. The standard InChI is InChI=1S/C12H14N2O4/c1-7(15)14-10-4-8(5-11(16)13-2)3-9(6-10)12(17)18/h3-4,6H,5H2,1-2H3,(H,13,16)(H,14,15)(H,17,18). The molecule has 96 valence electrons. The highest BCUT2D eigenvalue weighted by atomic mass is 16.4. The van der Waals surface area contributed by atoms with Crippen LogP contribution < -0.4 is 10.6 Å². The van der Waals surface area contributed by atoms with E-state index in [1.54, 1.807) is 6.07 Å². The molecule has 0 bridgehead atoms. The van der Waals surface area contributed by atoms with Crippen molar-refractivity contribution in [1.82, 2.24) is 5.32 Å². The zero-order valence-corrected chi connectivity index (χ0v) is 10.1. The molecule has 0 aromatic heterocycles. The zero-order valence-electron chi connectivity index (χ0n) is 10.1. The lowest BCUT2D eigenvalue weighted by molar-refractivity contribution is -0.120. The van der Waals surface area contributed by atoms with Crippen LogP contribution in [0, 0.1) is 0 Å². The van der Waals surface area contributed by atoms with E-state index >= 15 is 0 Å². The van der Waals surface area contributed by atoms with Crippen LogP contribution in [0.2, 0.25) is 0 Å². The number of amides is 2.